The summed E-state index contributed by atoms with van der Waals surface area (Å²) in [5.41, 5.74) is 10.2. The minimum absolute atomic E-state index is 0.643. The van der Waals surface area contributed by atoms with Gasteiger partial charge in [0.05, 0.1) is 0 Å². The molecular weight excluding hydrogens is 300 g/mol. The average Bonchev–Trinajstić information content (AvgIpc) is 3.21. The number of allylic oxidation sites excluding steroid dienone is 2. The van der Waals surface area contributed by atoms with Crippen molar-refractivity contribution in [2.75, 3.05) is 0 Å². The fraction of sp³-hybridized carbons (Fsp3) is 0.360. The summed E-state index contributed by atoms with van der Waals surface area (Å²) in [5.74, 6) is 1.29. The molecule has 0 heteroatoms. The summed E-state index contributed by atoms with van der Waals surface area (Å²) in [7, 11) is 0. The summed E-state index contributed by atoms with van der Waals surface area (Å²) in [6, 6.07) is 11.5. The Morgan fingerprint density at radius 1 is 0.720 bits per heavy atom. The lowest BCUT2D eigenvalue weighted by atomic mass is 9.93. The maximum atomic E-state index is 2.37. The van der Waals surface area contributed by atoms with Crippen LogP contribution >= 0.6 is 0 Å². The molecule has 0 saturated heterocycles. The maximum absolute atomic E-state index is 2.37. The molecule has 2 aliphatic carbocycles. The van der Waals surface area contributed by atoms with Crippen LogP contribution in [0, 0.1) is 6.92 Å². The Hall–Kier alpha value is -2.08. The van der Waals surface area contributed by atoms with Crippen LogP contribution in [0.15, 0.2) is 42.5 Å². The molecule has 0 heterocycles. The molecule has 0 aromatic heterocycles. The van der Waals surface area contributed by atoms with Gasteiger partial charge in [0.15, 0.2) is 0 Å². The zero-order chi connectivity index (χ0) is 18.0. The predicted molar refractivity (Wildman–Crippen MR) is 111 cm³/mol. The van der Waals surface area contributed by atoms with Crippen LogP contribution in [0.5, 0.6) is 0 Å². The van der Waals surface area contributed by atoms with Gasteiger partial charge < -0.3 is 0 Å². The largest absolute Gasteiger partial charge is 0.0795 e. The SMILES string of the molecule is CC(C)c1ccc2c(c1)C=CC2.Cc1cc2c(cc1C(C)C)CC=C2. The number of benzene rings is 2. The molecule has 0 fully saturated rings. The summed E-state index contributed by atoms with van der Waals surface area (Å²) in [6.45, 7) is 11.2. The van der Waals surface area contributed by atoms with Crippen molar-refractivity contribution in [1.29, 1.82) is 0 Å². The first-order chi connectivity index (χ1) is 12.0. The van der Waals surface area contributed by atoms with E-state index in [2.05, 4.69) is 89.3 Å². The molecule has 0 aliphatic heterocycles. The van der Waals surface area contributed by atoms with Crippen LogP contribution in [-0.2, 0) is 12.8 Å². The Labute approximate surface area is 153 Å². The molecule has 0 unspecified atom stereocenters. The van der Waals surface area contributed by atoms with E-state index in [9.17, 15) is 0 Å². The zero-order valence-electron chi connectivity index (χ0n) is 16.3. The van der Waals surface area contributed by atoms with Gasteiger partial charge in [-0.25, -0.2) is 0 Å². The molecule has 25 heavy (non-hydrogen) atoms. The first kappa shape index (κ1) is 17.7. The van der Waals surface area contributed by atoms with Crippen molar-refractivity contribution < 1.29 is 0 Å². The number of hydrogen-bond acceptors (Lipinski definition) is 0. The summed E-state index contributed by atoms with van der Waals surface area (Å²) >= 11 is 0. The second kappa shape index (κ2) is 7.44. The van der Waals surface area contributed by atoms with Crippen LogP contribution in [0.2, 0.25) is 0 Å². The lowest BCUT2D eigenvalue weighted by molar-refractivity contribution is 0.853. The third-order valence-electron chi connectivity index (χ3n) is 5.26. The Bertz CT molecular complexity index is 816. The van der Waals surface area contributed by atoms with E-state index >= 15 is 0 Å². The van der Waals surface area contributed by atoms with E-state index in [1.54, 1.807) is 0 Å². The van der Waals surface area contributed by atoms with E-state index in [4.69, 9.17) is 0 Å². The van der Waals surface area contributed by atoms with Crippen molar-refractivity contribution in [3.05, 3.63) is 81.4 Å². The summed E-state index contributed by atoms with van der Waals surface area (Å²) in [5, 5.41) is 0. The molecule has 0 N–H and O–H groups in total. The highest BCUT2D eigenvalue weighted by Gasteiger charge is 2.10. The highest BCUT2D eigenvalue weighted by Crippen LogP contribution is 2.27. The van der Waals surface area contributed by atoms with Crippen LogP contribution < -0.4 is 0 Å². The van der Waals surface area contributed by atoms with E-state index in [-0.39, 0.29) is 0 Å². The smallest absolute Gasteiger partial charge is 0.00881 e. The second-order valence-electron chi connectivity index (χ2n) is 7.89. The number of hydrogen-bond donors (Lipinski definition) is 0. The van der Waals surface area contributed by atoms with Crippen LogP contribution in [0.4, 0.5) is 0 Å². The van der Waals surface area contributed by atoms with Gasteiger partial charge in [-0.3, -0.25) is 0 Å². The molecular formula is C25H30. The fourth-order valence-corrected chi connectivity index (χ4v) is 3.69. The third-order valence-corrected chi connectivity index (χ3v) is 5.26. The van der Waals surface area contributed by atoms with Crippen molar-refractivity contribution in [2.45, 2.75) is 59.3 Å². The van der Waals surface area contributed by atoms with Gasteiger partial charge in [-0.2, -0.15) is 0 Å². The number of aryl methyl sites for hydroxylation is 1. The van der Waals surface area contributed by atoms with Gasteiger partial charge in [0.2, 0.25) is 0 Å². The second-order valence-corrected chi connectivity index (χ2v) is 7.89. The highest BCUT2D eigenvalue weighted by molar-refractivity contribution is 5.62. The van der Waals surface area contributed by atoms with E-state index < -0.39 is 0 Å². The molecule has 2 aliphatic rings. The molecule has 0 saturated carbocycles. The van der Waals surface area contributed by atoms with Crippen molar-refractivity contribution in [1.82, 2.24) is 0 Å². The molecule has 2 aromatic carbocycles. The van der Waals surface area contributed by atoms with E-state index in [0.29, 0.717) is 11.8 Å². The van der Waals surface area contributed by atoms with Crippen LogP contribution in [-0.4, -0.2) is 0 Å². The summed E-state index contributed by atoms with van der Waals surface area (Å²) in [4.78, 5) is 0. The van der Waals surface area contributed by atoms with Crippen molar-refractivity contribution in [2.24, 2.45) is 0 Å². The summed E-state index contributed by atoms with van der Waals surface area (Å²) < 4.78 is 0. The van der Waals surface area contributed by atoms with E-state index in [1.165, 1.54) is 38.9 Å². The number of fused-ring (bicyclic) bond motifs is 2. The van der Waals surface area contributed by atoms with Gasteiger partial charge in [-0.05, 0) is 70.5 Å². The maximum Gasteiger partial charge on any atom is -0.00881 e. The molecule has 130 valence electrons. The first-order valence-electron chi connectivity index (χ1n) is 9.55. The minimum atomic E-state index is 0.643. The Kier molecular flexibility index (Phi) is 5.27. The topological polar surface area (TPSA) is 0 Å². The van der Waals surface area contributed by atoms with Gasteiger partial charge in [-0.1, -0.05) is 82.3 Å². The standard InChI is InChI=1S/C13H16.C12H14/c1-9(2)13-8-12-6-4-5-11(12)7-10(13)3;1-9(2)11-7-6-10-4-3-5-12(10)8-11/h4-5,7-9H,6H2,1-3H3;3,5-9H,4H2,1-2H3. The molecule has 0 spiro atoms. The Balaban J connectivity index is 0.000000146. The quantitative estimate of drug-likeness (QED) is 0.552. The highest BCUT2D eigenvalue weighted by atomic mass is 14.2. The average molecular weight is 331 g/mol. The van der Waals surface area contributed by atoms with Crippen LogP contribution in [0.25, 0.3) is 12.2 Å². The predicted octanol–water partition coefficient (Wildman–Crippen LogP) is 7.07. The molecule has 2 aromatic rings. The number of rotatable bonds is 2. The molecule has 0 nitrogen and oxygen atoms in total. The molecule has 0 radical (unpaired) electrons. The summed E-state index contributed by atoms with van der Waals surface area (Å²) in [6.07, 6.45) is 11.2. The lowest BCUT2D eigenvalue weighted by Crippen LogP contribution is -1.95. The van der Waals surface area contributed by atoms with Gasteiger partial charge in [0.25, 0.3) is 0 Å². The van der Waals surface area contributed by atoms with Crippen molar-refractivity contribution >= 4 is 12.2 Å². The molecule has 0 bridgehead atoms. The van der Waals surface area contributed by atoms with Gasteiger partial charge in [0, 0.05) is 0 Å². The first-order valence-corrected chi connectivity index (χ1v) is 9.55. The normalized spacial score (nSPS) is 13.9. The van der Waals surface area contributed by atoms with E-state index in [0.717, 1.165) is 12.8 Å². The zero-order valence-corrected chi connectivity index (χ0v) is 16.3. The minimum Gasteiger partial charge on any atom is -0.0795 e. The Morgan fingerprint density at radius 2 is 1.36 bits per heavy atom. The fourth-order valence-electron chi connectivity index (χ4n) is 3.69. The molecule has 4 rings (SSSR count). The lowest BCUT2D eigenvalue weighted by Gasteiger charge is -2.12. The van der Waals surface area contributed by atoms with Gasteiger partial charge >= 0.3 is 0 Å². The molecule has 0 atom stereocenters. The third kappa shape index (κ3) is 3.95. The Morgan fingerprint density at radius 3 is 2.00 bits per heavy atom. The van der Waals surface area contributed by atoms with Gasteiger partial charge in [0.1, 0.15) is 0 Å². The van der Waals surface area contributed by atoms with Crippen LogP contribution in [0.1, 0.15) is 78.5 Å². The van der Waals surface area contributed by atoms with Gasteiger partial charge in [-0.15, -0.1) is 0 Å². The van der Waals surface area contributed by atoms with Crippen LogP contribution in [0.3, 0.4) is 0 Å². The molecule has 0 amide bonds. The van der Waals surface area contributed by atoms with Crippen molar-refractivity contribution in [3.8, 4) is 0 Å². The monoisotopic (exact) mass is 330 g/mol. The van der Waals surface area contributed by atoms with E-state index in [1.807, 2.05) is 0 Å². The van der Waals surface area contributed by atoms with Crippen molar-refractivity contribution in [3.63, 3.8) is 0 Å².